The second-order valence-corrected chi connectivity index (χ2v) is 5.36. The van der Waals surface area contributed by atoms with Gasteiger partial charge in [0.1, 0.15) is 5.60 Å². The smallest absolute Gasteiger partial charge is 0.252 e. The average Bonchev–Trinajstić information content (AvgIpc) is 2.67. The van der Waals surface area contributed by atoms with Gasteiger partial charge in [0.15, 0.2) is 0 Å². The van der Waals surface area contributed by atoms with Crippen LogP contribution in [0.15, 0.2) is 22.9 Å². The second-order valence-electron chi connectivity index (χ2n) is 4.44. The summed E-state index contributed by atoms with van der Waals surface area (Å²) >= 11 is 3.26. The third kappa shape index (κ3) is 2.88. The summed E-state index contributed by atoms with van der Waals surface area (Å²) in [6, 6.07) is 1.68. The first kappa shape index (κ1) is 13.5. The molecule has 2 atom stereocenters. The van der Waals surface area contributed by atoms with Gasteiger partial charge in [0.2, 0.25) is 0 Å². The van der Waals surface area contributed by atoms with Gasteiger partial charge in [-0.2, -0.15) is 0 Å². The van der Waals surface area contributed by atoms with Crippen LogP contribution in [0.4, 0.5) is 0 Å². The number of rotatable bonds is 3. The fourth-order valence-electron chi connectivity index (χ4n) is 1.87. The summed E-state index contributed by atoms with van der Waals surface area (Å²) in [6.07, 6.45) is 3.36. The first-order chi connectivity index (χ1) is 8.51. The van der Waals surface area contributed by atoms with Crippen LogP contribution in [0.2, 0.25) is 0 Å². The Morgan fingerprint density at radius 2 is 2.50 bits per heavy atom. The zero-order valence-corrected chi connectivity index (χ0v) is 11.6. The maximum atomic E-state index is 11.9. The van der Waals surface area contributed by atoms with Crippen LogP contribution in [0.3, 0.4) is 0 Å². The van der Waals surface area contributed by atoms with Crippen LogP contribution in [0, 0.1) is 0 Å². The zero-order chi connectivity index (χ0) is 13.2. The quantitative estimate of drug-likeness (QED) is 0.877. The van der Waals surface area contributed by atoms with Crippen LogP contribution in [0.25, 0.3) is 0 Å². The maximum Gasteiger partial charge on any atom is 0.252 e. The topological polar surface area (TPSA) is 71.5 Å². The van der Waals surface area contributed by atoms with Gasteiger partial charge < -0.3 is 15.2 Å². The first-order valence-corrected chi connectivity index (χ1v) is 6.53. The third-order valence-electron chi connectivity index (χ3n) is 3.18. The Kier molecular flexibility index (Phi) is 3.99. The van der Waals surface area contributed by atoms with Crippen LogP contribution in [-0.4, -0.2) is 40.9 Å². The van der Waals surface area contributed by atoms with E-state index >= 15 is 0 Å². The Balaban J connectivity index is 1.96. The minimum absolute atomic E-state index is 0.180. The highest BCUT2D eigenvalue weighted by Crippen LogP contribution is 2.24. The lowest BCUT2D eigenvalue weighted by atomic mass is 9.96. The molecule has 6 heteroatoms. The van der Waals surface area contributed by atoms with Crippen molar-refractivity contribution in [3.63, 3.8) is 0 Å². The van der Waals surface area contributed by atoms with E-state index in [2.05, 4.69) is 26.2 Å². The molecule has 1 aliphatic rings. The van der Waals surface area contributed by atoms with Gasteiger partial charge >= 0.3 is 0 Å². The molecule has 2 N–H and O–H groups in total. The number of nitrogens with zero attached hydrogens (tertiary/aromatic N) is 1. The molecule has 1 aromatic rings. The van der Waals surface area contributed by atoms with Gasteiger partial charge in [0.25, 0.3) is 5.91 Å². The number of ether oxygens (including phenoxy) is 1. The number of halogens is 1. The van der Waals surface area contributed by atoms with E-state index in [1.54, 1.807) is 19.2 Å². The average molecular weight is 315 g/mol. The van der Waals surface area contributed by atoms with Gasteiger partial charge in [-0.05, 0) is 28.9 Å². The molecule has 2 rings (SSSR count). The van der Waals surface area contributed by atoms with E-state index in [0.717, 1.165) is 4.47 Å². The second kappa shape index (κ2) is 5.34. The Hall–Kier alpha value is -0.980. The first-order valence-electron chi connectivity index (χ1n) is 5.74. The molecule has 1 fully saturated rings. The molecule has 0 radical (unpaired) electrons. The number of hydrogen-bond donors (Lipinski definition) is 2. The monoisotopic (exact) mass is 314 g/mol. The molecule has 0 aliphatic carbocycles. The predicted molar refractivity (Wildman–Crippen MR) is 69.3 cm³/mol. The number of nitrogens with one attached hydrogen (secondary N) is 1. The number of carbonyl (C=O) groups excluding carboxylic acids is 1. The highest BCUT2D eigenvalue weighted by molar-refractivity contribution is 9.10. The van der Waals surface area contributed by atoms with E-state index in [4.69, 9.17) is 4.74 Å². The molecule has 0 spiro atoms. The van der Waals surface area contributed by atoms with Crippen molar-refractivity contribution < 1.29 is 14.6 Å². The van der Waals surface area contributed by atoms with Crippen molar-refractivity contribution in [2.45, 2.75) is 25.0 Å². The largest absolute Gasteiger partial charge is 0.385 e. The van der Waals surface area contributed by atoms with Crippen LogP contribution < -0.4 is 5.32 Å². The molecule has 98 valence electrons. The van der Waals surface area contributed by atoms with Gasteiger partial charge in [0.05, 0.1) is 11.7 Å². The molecule has 2 heterocycles. The van der Waals surface area contributed by atoms with E-state index in [1.807, 2.05) is 0 Å². The summed E-state index contributed by atoms with van der Waals surface area (Å²) in [5, 5.41) is 13.0. The predicted octanol–water partition coefficient (Wildman–Crippen LogP) is 1.11. The van der Waals surface area contributed by atoms with E-state index < -0.39 is 5.60 Å². The summed E-state index contributed by atoms with van der Waals surface area (Å²) in [7, 11) is 0. The SMILES string of the molecule is CC1OCCC1(O)CNC(=O)c1cncc(Br)c1. The third-order valence-corrected chi connectivity index (χ3v) is 3.62. The van der Waals surface area contributed by atoms with Crippen LogP contribution in [-0.2, 0) is 4.74 Å². The number of carbonyl (C=O) groups is 1. The Morgan fingerprint density at radius 1 is 1.72 bits per heavy atom. The molecule has 1 amide bonds. The van der Waals surface area contributed by atoms with Crippen molar-refractivity contribution >= 4 is 21.8 Å². The van der Waals surface area contributed by atoms with Crippen molar-refractivity contribution in [1.29, 1.82) is 0 Å². The minimum Gasteiger partial charge on any atom is -0.385 e. The molecule has 18 heavy (non-hydrogen) atoms. The van der Waals surface area contributed by atoms with Gasteiger partial charge in [-0.25, -0.2) is 0 Å². The fraction of sp³-hybridized carbons (Fsp3) is 0.500. The number of aromatic nitrogens is 1. The van der Waals surface area contributed by atoms with Crippen molar-refractivity contribution in [2.24, 2.45) is 0 Å². The summed E-state index contributed by atoms with van der Waals surface area (Å²) in [4.78, 5) is 15.8. The maximum absolute atomic E-state index is 11.9. The molecule has 1 aromatic heterocycles. The lowest BCUT2D eigenvalue weighted by Gasteiger charge is -2.26. The summed E-state index contributed by atoms with van der Waals surface area (Å²) in [5.74, 6) is -0.253. The highest BCUT2D eigenvalue weighted by atomic mass is 79.9. The molecule has 1 saturated heterocycles. The number of pyridine rings is 1. The molecular formula is C12H15BrN2O3. The standard InChI is InChI=1S/C12H15BrN2O3/c1-8-12(17,2-3-18-8)7-15-11(16)9-4-10(13)6-14-5-9/h4-6,8,17H,2-3,7H2,1H3,(H,15,16). The van der Waals surface area contributed by atoms with Gasteiger partial charge in [-0.15, -0.1) is 0 Å². The zero-order valence-electron chi connectivity index (χ0n) is 10.0. The summed E-state index contributed by atoms with van der Waals surface area (Å²) in [5.41, 5.74) is -0.519. The van der Waals surface area contributed by atoms with E-state index in [9.17, 15) is 9.90 Å². The molecule has 5 nitrogen and oxygen atoms in total. The van der Waals surface area contributed by atoms with E-state index in [1.165, 1.54) is 6.20 Å². The Labute approximate surface area is 114 Å². The molecular weight excluding hydrogens is 300 g/mol. The van der Waals surface area contributed by atoms with Gasteiger partial charge in [0, 0.05) is 36.4 Å². The Morgan fingerprint density at radius 3 is 3.11 bits per heavy atom. The van der Waals surface area contributed by atoms with Crippen molar-refractivity contribution in [1.82, 2.24) is 10.3 Å². The van der Waals surface area contributed by atoms with Gasteiger partial charge in [-0.1, -0.05) is 0 Å². The number of aliphatic hydroxyl groups is 1. The lowest BCUT2D eigenvalue weighted by molar-refractivity contribution is -0.0251. The lowest BCUT2D eigenvalue weighted by Crippen LogP contribution is -2.47. The summed E-state index contributed by atoms with van der Waals surface area (Å²) in [6.45, 7) is 2.51. The van der Waals surface area contributed by atoms with Crippen LogP contribution >= 0.6 is 15.9 Å². The molecule has 2 unspecified atom stereocenters. The van der Waals surface area contributed by atoms with E-state index in [-0.39, 0.29) is 18.6 Å². The molecule has 0 bridgehead atoms. The number of amides is 1. The normalized spacial score (nSPS) is 27.2. The van der Waals surface area contributed by atoms with Crippen LogP contribution in [0.5, 0.6) is 0 Å². The van der Waals surface area contributed by atoms with Crippen molar-refractivity contribution in [3.05, 3.63) is 28.5 Å². The molecule has 0 aromatic carbocycles. The van der Waals surface area contributed by atoms with Crippen molar-refractivity contribution in [3.8, 4) is 0 Å². The fourth-order valence-corrected chi connectivity index (χ4v) is 2.24. The minimum atomic E-state index is -0.977. The molecule has 0 saturated carbocycles. The van der Waals surface area contributed by atoms with Gasteiger partial charge in [-0.3, -0.25) is 9.78 Å². The van der Waals surface area contributed by atoms with Crippen molar-refractivity contribution in [2.75, 3.05) is 13.2 Å². The Bertz CT molecular complexity index is 455. The number of hydrogen-bond acceptors (Lipinski definition) is 4. The highest BCUT2D eigenvalue weighted by Gasteiger charge is 2.39. The molecule has 1 aliphatic heterocycles. The van der Waals surface area contributed by atoms with E-state index in [0.29, 0.717) is 18.6 Å². The van der Waals surface area contributed by atoms with Crippen LogP contribution in [0.1, 0.15) is 23.7 Å². The summed E-state index contributed by atoms with van der Waals surface area (Å²) < 4.78 is 6.05.